The second-order valence-corrected chi connectivity index (χ2v) is 11.4. The third-order valence-corrected chi connectivity index (χ3v) is 7.09. The van der Waals surface area contributed by atoms with Gasteiger partial charge in [0.15, 0.2) is 0 Å². The molecule has 1 aliphatic heterocycles. The number of benzene rings is 3. The Balaban J connectivity index is 1.43. The third kappa shape index (κ3) is 6.46. The summed E-state index contributed by atoms with van der Waals surface area (Å²) in [6, 6.07) is 21.4. The second kappa shape index (κ2) is 10.7. The largest absolute Gasteiger partial charge is 0.456 e. The van der Waals surface area contributed by atoms with Crippen molar-refractivity contribution in [3.8, 4) is 11.1 Å². The van der Waals surface area contributed by atoms with Crippen molar-refractivity contribution in [1.29, 1.82) is 0 Å². The van der Waals surface area contributed by atoms with Crippen LogP contribution in [0.3, 0.4) is 0 Å². The van der Waals surface area contributed by atoms with Crippen LogP contribution in [0.4, 0.5) is 5.69 Å². The Labute approximate surface area is 221 Å². The van der Waals surface area contributed by atoms with Gasteiger partial charge in [0.05, 0.1) is 11.7 Å². The van der Waals surface area contributed by atoms with Crippen LogP contribution in [0.15, 0.2) is 71.2 Å². The molecule has 1 unspecified atom stereocenters. The van der Waals surface area contributed by atoms with Gasteiger partial charge < -0.3 is 14.7 Å². The van der Waals surface area contributed by atoms with Crippen LogP contribution in [0.2, 0.25) is 5.02 Å². The molecule has 0 spiro atoms. The van der Waals surface area contributed by atoms with Crippen molar-refractivity contribution < 1.29 is 14.6 Å². The zero-order valence-electron chi connectivity index (χ0n) is 20.3. The van der Waals surface area contributed by atoms with E-state index < -0.39 is 11.7 Å². The number of hydrogen-bond acceptors (Lipinski definition) is 4. The quantitative estimate of drug-likeness (QED) is 0.328. The molecule has 1 aliphatic rings. The number of esters is 1. The molecule has 35 heavy (non-hydrogen) atoms. The minimum atomic E-state index is -0.560. The molecule has 0 bridgehead atoms. The van der Waals surface area contributed by atoms with Gasteiger partial charge in [-0.25, -0.2) is 4.79 Å². The van der Waals surface area contributed by atoms with E-state index in [0.29, 0.717) is 10.6 Å². The number of carbonyl (C=O) groups excluding carboxylic acids is 1. The average Bonchev–Trinajstić information content (AvgIpc) is 2.83. The lowest BCUT2D eigenvalue weighted by molar-refractivity contribution is 0.00695. The molecule has 4 rings (SSSR count). The van der Waals surface area contributed by atoms with Gasteiger partial charge in [-0.05, 0) is 105 Å². The van der Waals surface area contributed by atoms with Crippen molar-refractivity contribution in [3.05, 3.63) is 87.4 Å². The molecule has 0 aromatic heterocycles. The number of anilines is 1. The fourth-order valence-corrected chi connectivity index (χ4v) is 5.05. The molecule has 4 nitrogen and oxygen atoms in total. The van der Waals surface area contributed by atoms with Crippen molar-refractivity contribution in [2.24, 2.45) is 5.92 Å². The normalized spacial score (nSPS) is 15.7. The number of aliphatic hydroxyl groups is 1. The number of aliphatic hydroxyl groups excluding tert-OH is 1. The number of nitrogens with zero attached hydrogens (tertiary/aromatic N) is 1. The lowest BCUT2D eigenvalue weighted by Gasteiger charge is -2.36. The number of rotatable bonds is 5. The number of ether oxygens (including phenoxy) is 1. The first-order chi connectivity index (χ1) is 16.6. The Morgan fingerprint density at radius 3 is 2.26 bits per heavy atom. The first-order valence-corrected chi connectivity index (χ1v) is 13.1. The first kappa shape index (κ1) is 25.7. The van der Waals surface area contributed by atoms with Gasteiger partial charge in [0.1, 0.15) is 5.60 Å². The van der Waals surface area contributed by atoms with Crippen molar-refractivity contribution in [1.82, 2.24) is 0 Å². The van der Waals surface area contributed by atoms with Crippen LogP contribution >= 0.6 is 27.5 Å². The fourth-order valence-electron chi connectivity index (χ4n) is 4.54. The lowest BCUT2D eigenvalue weighted by atomic mass is 9.84. The standard InChI is InChI=1S/C29H31BrClNO3/c1-29(2,3)35-28(34)21-6-11-24(12-7-21)32-16-14-20(15-17-32)27(33)26-18-22(30)8-13-25(26)19-4-9-23(31)10-5-19/h4-13,18,20,27,33H,14-17H2,1-3H3. The maximum absolute atomic E-state index is 12.3. The van der Waals surface area contributed by atoms with E-state index in [1.54, 1.807) is 0 Å². The highest BCUT2D eigenvalue weighted by molar-refractivity contribution is 9.10. The van der Waals surface area contributed by atoms with Crippen LogP contribution in [0.5, 0.6) is 0 Å². The summed E-state index contributed by atoms with van der Waals surface area (Å²) in [6.07, 6.45) is 1.19. The molecule has 1 N–H and O–H groups in total. The lowest BCUT2D eigenvalue weighted by Crippen LogP contribution is -2.35. The van der Waals surface area contributed by atoms with Gasteiger partial charge in [0, 0.05) is 28.3 Å². The van der Waals surface area contributed by atoms with Crippen LogP contribution < -0.4 is 4.90 Å². The summed E-state index contributed by atoms with van der Waals surface area (Å²) in [5.74, 6) is -0.149. The Hall–Kier alpha value is -2.34. The smallest absolute Gasteiger partial charge is 0.338 e. The van der Waals surface area contributed by atoms with Gasteiger partial charge in [0.25, 0.3) is 0 Å². The van der Waals surface area contributed by atoms with E-state index in [-0.39, 0.29) is 11.9 Å². The minimum absolute atomic E-state index is 0.160. The number of piperidine rings is 1. The SMILES string of the molecule is CC(C)(C)OC(=O)c1ccc(N2CCC(C(O)c3cc(Br)ccc3-c3ccc(Cl)cc3)CC2)cc1. The average molecular weight is 557 g/mol. The summed E-state index contributed by atoms with van der Waals surface area (Å²) in [4.78, 5) is 14.6. The van der Waals surface area contributed by atoms with E-state index in [2.05, 4.69) is 20.8 Å². The molecule has 1 atom stereocenters. The van der Waals surface area contributed by atoms with E-state index in [1.165, 1.54) is 0 Å². The van der Waals surface area contributed by atoms with E-state index in [1.807, 2.05) is 87.5 Å². The van der Waals surface area contributed by atoms with Crippen molar-refractivity contribution in [3.63, 3.8) is 0 Å². The maximum atomic E-state index is 12.3. The summed E-state index contributed by atoms with van der Waals surface area (Å²) in [5, 5.41) is 12.1. The molecule has 6 heteroatoms. The highest BCUT2D eigenvalue weighted by atomic mass is 79.9. The molecule has 1 saturated heterocycles. The van der Waals surface area contributed by atoms with Crippen LogP contribution in [-0.2, 0) is 4.74 Å². The molecule has 3 aromatic rings. The summed E-state index contributed by atoms with van der Waals surface area (Å²) < 4.78 is 6.41. The molecule has 184 valence electrons. The molecular formula is C29H31BrClNO3. The van der Waals surface area contributed by atoms with Gasteiger partial charge >= 0.3 is 5.97 Å². The summed E-state index contributed by atoms with van der Waals surface area (Å²) >= 11 is 9.65. The third-order valence-electron chi connectivity index (χ3n) is 6.34. The molecule has 3 aromatic carbocycles. The molecule has 1 fully saturated rings. The highest BCUT2D eigenvalue weighted by Crippen LogP contribution is 2.38. The summed E-state index contributed by atoms with van der Waals surface area (Å²) in [7, 11) is 0. The Morgan fingerprint density at radius 1 is 1.03 bits per heavy atom. The minimum Gasteiger partial charge on any atom is -0.456 e. The predicted molar refractivity (Wildman–Crippen MR) is 146 cm³/mol. The van der Waals surface area contributed by atoms with Crippen molar-refractivity contribution >= 4 is 39.2 Å². The van der Waals surface area contributed by atoms with Gasteiger partial charge in [-0.1, -0.05) is 45.7 Å². The van der Waals surface area contributed by atoms with Crippen LogP contribution in [0.25, 0.3) is 11.1 Å². The summed E-state index contributed by atoms with van der Waals surface area (Å²) in [5.41, 5.74) is 4.12. The van der Waals surface area contributed by atoms with E-state index in [4.69, 9.17) is 16.3 Å². The molecule has 0 amide bonds. The van der Waals surface area contributed by atoms with Gasteiger partial charge in [-0.3, -0.25) is 0 Å². The van der Waals surface area contributed by atoms with Gasteiger partial charge in [0.2, 0.25) is 0 Å². The van der Waals surface area contributed by atoms with E-state index in [0.717, 1.165) is 52.8 Å². The second-order valence-electron chi connectivity index (χ2n) is 10.1. The maximum Gasteiger partial charge on any atom is 0.338 e. The topological polar surface area (TPSA) is 49.8 Å². The van der Waals surface area contributed by atoms with Crippen LogP contribution in [-0.4, -0.2) is 29.8 Å². The zero-order valence-corrected chi connectivity index (χ0v) is 22.6. The molecular weight excluding hydrogens is 526 g/mol. The number of hydrogen-bond donors (Lipinski definition) is 1. The Bertz CT molecular complexity index is 1160. The molecule has 0 saturated carbocycles. The van der Waals surface area contributed by atoms with Crippen LogP contribution in [0.1, 0.15) is 55.6 Å². The van der Waals surface area contributed by atoms with Crippen LogP contribution in [0, 0.1) is 5.92 Å². The van der Waals surface area contributed by atoms with Crippen molar-refractivity contribution in [2.75, 3.05) is 18.0 Å². The number of carbonyl (C=O) groups is 1. The van der Waals surface area contributed by atoms with E-state index in [9.17, 15) is 9.90 Å². The number of halogens is 2. The predicted octanol–water partition coefficient (Wildman–Crippen LogP) is 7.67. The van der Waals surface area contributed by atoms with Gasteiger partial charge in [-0.15, -0.1) is 0 Å². The fraction of sp³-hybridized carbons (Fsp3) is 0.345. The first-order valence-electron chi connectivity index (χ1n) is 11.9. The molecule has 0 aliphatic carbocycles. The van der Waals surface area contributed by atoms with Gasteiger partial charge in [-0.2, -0.15) is 0 Å². The van der Waals surface area contributed by atoms with E-state index >= 15 is 0 Å². The Morgan fingerprint density at radius 2 is 1.66 bits per heavy atom. The zero-order chi connectivity index (χ0) is 25.2. The summed E-state index contributed by atoms with van der Waals surface area (Å²) in [6.45, 7) is 7.29. The molecule has 1 heterocycles. The monoisotopic (exact) mass is 555 g/mol. The Kier molecular flexibility index (Phi) is 7.89. The molecule has 0 radical (unpaired) electrons. The highest BCUT2D eigenvalue weighted by Gasteiger charge is 2.28. The van der Waals surface area contributed by atoms with Crippen molar-refractivity contribution in [2.45, 2.75) is 45.3 Å².